The number of allylic oxidation sites excluding steroid dienone is 1. The quantitative estimate of drug-likeness (QED) is 0.261. The second-order valence-electron chi connectivity index (χ2n) is 8.45. The fourth-order valence-electron chi connectivity index (χ4n) is 2.94. The molecule has 0 saturated carbocycles. The Morgan fingerprint density at radius 1 is 1.13 bits per heavy atom. The van der Waals surface area contributed by atoms with Gasteiger partial charge in [-0.3, -0.25) is 4.90 Å². The first kappa shape index (κ1) is 27.2. The Kier molecular flexibility index (Phi) is 13.2. The third-order valence-electron chi connectivity index (χ3n) is 4.29. The average Bonchev–Trinajstić information content (AvgIpc) is 3.20. The Morgan fingerprint density at radius 2 is 1.94 bits per heavy atom. The second-order valence-corrected chi connectivity index (χ2v) is 9.23. The van der Waals surface area contributed by atoms with Crippen molar-refractivity contribution in [1.82, 2.24) is 4.90 Å². The van der Waals surface area contributed by atoms with Gasteiger partial charge < -0.3 is 4.74 Å². The van der Waals surface area contributed by atoms with Crippen molar-refractivity contribution in [2.24, 2.45) is 5.41 Å². The van der Waals surface area contributed by atoms with Crippen molar-refractivity contribution in [3.63, 3.8) is 0 Å². The van der Waals surface area contributed by atoms with Crippen LogP contribution < -0.4 is 0 Å². The first-order chi connectivity index (χ1) is 14.5. The van der Waals surface area contributed by atoms with Crippen LogP contribution in [0.2, 0.25) is 0 Å². The number of halogens is 1. The van der Waals surface area contributed by atoms with E-state index in [1.165, 1.54) is 16.7 Å². The highest BCUT2D eigenvalue weighted by molar-refractivity contribution is 7.08. The van der Waals surface area contributed by atoms with Crippen LogP contribution in [-0.2, 0) is 17.9 Å². The zero-order chi connectivity index (χ0) is 21.7. The van der Waals surface area contributed by atoms with E-state index in [0.717, 1.165) is 26.1 Å². The van der Waals surface area contributed by atoms with Gasteiger partial charge in [0.05, 0.1) is 13.2 Å². The van der Waals surface area contributed by atoms with Crippen LogP contribution in [0.3, 0.4) is 0 Å². The molecule has 0 spiro atoms. The lowest BCUT2D eigenvalue weighted by molar-refractivity contribution is 0.149. The molecule has 0 unspecified atom stereocenters. The summed E-state index contributed by atoms with van der Waals surface area (Å²) in [6.45, 7) is 12.8. The van der Waals surface area contributed by atoms with Gasteiger partial charge in [0.2, 0.25) is 0 Å². The van der Waals surface area contributed by atoms with Gasteiger partial charge in [-0.05, 0) is 73.3 Å². The summed E-state index contributed by atoms with van der Waals surface area (Å²) >= 11 is 1.71. The molecule has 0 amide bonds. The van der Waals surface area contributed by atoms with Crippen molar-refractivity contribution in [2.45, 2.75) is 47.3 Å². The van der Waals surface area contributed by atoms with Gasteiger partial charge in [-0.1, -0.05) is 61.3 Å². The van der Waals surface area contributed by atoms with Crippen molar-refractivity contribution >= 4 is 29.8 Å². The fraction of sp³-hybridized carbons (Fsp3) is 0.407. The summed E-state index contributed by atoms with van der Waals surface area (Å²) in [6, 6.07) is 10.8. The van der Waals surface area contributed by atoms with Crippen LogP contribution in [0.4, 0.5) is 0 Å². The topological polar surface area (TPSA) is 12.5 Å². The van der Waals surface area contributed by atoms with Crippen LogP contribution in [0.15, 0.2) is 59.3 Å². The van der Waals surface area contributed by atoms with Gasteiger partial charge in [-0.25, -0.2) is 0 Å². The molecule has 1 aromatic heterocycles. The summed E-state index contributed by atoms with van der Waals surface area (Å²) in [6.07, 6.45) is 9.47. The molecule has 0 aliphatic carbocycles. The number of rotatable bonds is 11. The van der Waals surface area contributed by atoms with Crippen molar-refractivity contribution in [1.29, 1.82) is 0 Å². The van der Waals surface area contributed by atoms with Gasteiger partial charge in [0.25, 0.3) is 0 Å². The summed E-state index contributed by atoms with van der Waals surface area (Å²) in [5.74, 6) is 6.41. The van der Waals surface area contributed by atoms with E-state index in [4.69, 9.17) is 4.74 Å². The van der Waals surface area contributed by atoms with Gasteiger partial charge in [-0.2, -0.15) is 11.3 Å². The summed E-state index contributed by atoms with van der Waals surface area (Å²) in [4.78, 5) is 2.46. The minimum atomic E-state index is 0. The Hall–Kier alpha value is -1.83. The van der Waals surface area contributed by atoms with Crippen LogP contribution >= 0.6 is 23.7 Å². The van der Waals surface area contributed by atoms with Gasteiger partial charge >= 0.3 is 0 Å². The summed E-state index contributed by atoms with van der Waals surface area (Å²) < 4.78 is 5.82. The molecular formula is C27H36ClNOS. The van der Waals surface area contributed by atoms with Crippen molar-refractivity contribution in [3.05, 3.63) is 76.0 Å². The zero-order valence-electron chi connectivity index (χ0n) is 19.3. The lowest BCUT2D eigenvalue weighted by Gasteiger charge is -2.20. The third-order valence-corrected chi connectivity index (χ3v) is 4.99. The summed E-state index contributed by atoms with van der Waals surface area (Å²) in [5.41, 5.74) is 3.84. The smallest absolute Gasteiger partial charge is 0.0721 e. The normalized spacial score (nSPS) is 11.6. The summed E-state index contributed by atoms with van der Waals surface area (Å²) in [5, 5.41) is 4.22. The molecule has 1 heterocycles. The van der Waals surface area contributed by atoms with E-state index in [1.807, 2.05) is 6.08 Å². The Labute approximate surface area is 199 Å². The van der Waals surface area contributed by atoms with Crippen LogP contribution in [0.1, 0.15) is 50.8 Å². The number of thiophene rings is 1. The predicted octanol–water partition coefficient (Wildman–Crippen LogP) is 7.22. The molecule has 0 aliphatic heterocycles. The van der Waals surface area contributed by atoms with E-state index < -0.39 is 0 Å². The molecule has 0 saturated heterocycles. The number of hydrogen-bond acceptors (Lipinski definition) is 3. The minimum Gasteiger partial charge on any atom is -0.373 e. The van der Waals surface area contributed by atoms with E-state index in [2.05, 4.69) is 104 Å². The molecule has 0 atom stereocenters. The first-order valence-corrected chi connectivity index (χ1v) is 11.6. The molecular weight excluding hydrogens is 422 g/mol. The van der Waals surface area contributed by atoms with E-state index in [1.54, 1.807) is 11.3 Å². The molecule has 0 fully saturated rings. The molecule has 1 aromatic carbocycles. The van der Waals surface area contributed by atoms with Gasteiger partial charge in [0.15, 0.2) is 0 Å². The minimum absolute atomic E-state index is 0. The van der Waals surface area contributed by atoms with E-state index in [0.29, 0.717) is 13.2 Å². The van der Waals surface area contributed by atoms with Gasteiger partial charge in [0.1, 0.15) is 0 Å². The molecule has 0 aliphatic rings. The SMILES string of the molecule is CCCN(C/C=C/C#CC(C)(C)C)Cc1cccc(COC/C=C/c2ccsc2)c1.Cl. The molecule has 0 N–H and O–H groups in total. The monoisotopic (exact) mass is 457 g/mol. The summed E-state index contributed by atoms with van der Waals surface area (Å²) in [7, 11) is 0. The van der Waals surface area contributed by atoms with E-state index in [-0.39, 0.29) is 17.8 Å². The van der Waals surface area contributed by atoms with Gasteiger partial charge in [0, 0.05) is 18.5 Å². The highest BCUT2D eigenvalue weighted by Gasteiger charge is 2.05. The maximum Gasteiger partial charge on any atom is 0.0721 e. The van der Waals surface area contributed by atoms with Crippen molar-refractivity contribution in [2.75, 3.05) is 19.7 Å². The molecule has 2 nitrogen and oxygen atoms in total. The molecule has 31 heavy (non-hydrogen) atoms. The number of benzene rings is 1. The standard InChI is InChI=1S/C27H35NOS.ClH/c1-5-16-28(17-8-6-7-15-27(2,3)4)21-25-11-9-12-26(20-25)22-29-18-10-13-24-14-19-30-23-24;/h6,8-14,19-20,23H,5,16-18,21-22H2,1-4H3;1H/b8-6+,13-10+;. The average molecular weight is 458 g/mol. The maximum absolute atomic E-state index is 5.82. The van der Waals surface area contributed by atoms with E-state index in [9.17, 15) is 0 Å². The third kappa shape index (κ3) is 12.6. The Balaban J connectivity index is 0.00000480. The molecule has 168 valence electrons. The molecule has 0 bridgehead atoms. The first-order valence-electron chi connectivity index (χ1n) is 10.7. The predicted molar refractivity (Wildman–Crippen MR) is 139 cm³/mol. The zero-order valence-corrected chi connectivity index (χ0v) is 20.9. The Bertz CT molecular complexity index is 853. The maximum atomic E-state index is 5.82. The highest BCUT2D eigenvalue weighted by Crippen LogP contribution is 2.12. The number of nitrogens with zero attached hydrogens (tertiary/aromatic N) is 1. The highest BCUT2D eigenvalue weighted by atomic mass is 35.5. The lowest BCUT2D eigenvalue weighted by atomic mass is 9.98. The number of ether oxygens (including phenoxy) is 1. The van der Waals surface area contributed by atoms with Crippen molar-refractivity contribution < 1.29 is 4.74 Å². The van der Waals surface area contributed by atoms with Crippen LogP contribution in [-0.4, -0.2) is 24.6 Å². The molecule has 0 radical (unpaired) electrons. The van der Waals surface area contributed by atoms with Gasteiger partial charge in [-0.15, -0.1) is 12.4 Å². The van der Waals surface area contributed by atoms with E-state index >= 15 is 0 Å². The van der Waals surface area contributed by atoms with Crippen LogP contribution in [0.5, 0.6) is 0 Å². The van der Waals surface area contributed by atoms with Crippen molar-refractivity contribution in [3.8, 4) is 11.8 Å². The molecule has 2 aromatic rings. The van der Waals surface area contributed by atoms with Crippen LogP contribution in [0, 0.1) is 17.3 Å². The Morgan fingerprint density at radius 3 is 2.65 bits per heavy atom. The second kappa shape index (κ2) is 15.1. The fourth-order valence-corrected chi connectivity index (χ4v) is 3.57. The molecule has 2 rings (SSSR count). The largest absolute Gasteiger partial charge is 0.373 e. The number of hydrogen-bond donors (Lipinski definition) is 0. The lowest BCUT2D eigenvalue weighted by Crippen LogP contribution is -2.24. The molecule has 4 heteroatoms. The van der Waals surface area contributed by atoms with Crippen LogP contribution in [0.25, 0.3) is 6.08 Å².